The molecule has 0 radical (unpaired) electrons. The fourth-order valence-electron chi connectivity index (χ4n) is 2.57. The lowest BCUT2D eigenvalue weighted by Crippen LogP contribution is -2.07. The van der Waals surface area contributed by atoms with Crippen LogP contribution in [-0.2, 0) is 6.18 Å². The fourth-order valence-corrected chi connectivity index (χ4v) is 2.57. The van der Waals surface area contributed by atoms with Gasteiger partial charge in [-0.05, 0) is 42.5 Å². The SMILES string of the molecule is FC(F)(F)c1ccncc1-c1noc(-c2ccc(Nc3cccnc3)cc2)n1. The van der Waals surface area contributed by atoms with Crippen LogP contribution in [0.5, 0.6) is 0 Å². The summed E-state index contributed by atoms with van der Waals surface area (Å²) in [4.78, 5) is 11.8. The molecule has 0 aliphatic carbocycles. The molecular weight excluding hydrogens is 371 g/mol. The normalized spacial score (nSPS) is 11.4. The minimum absolute atomic E-state index is 0.111. The third-order valence-corrected chi connectivity index (χ3v) is 3.88. The first kappa shape index (κ1) is 17.7. The molecule has 0 spiro atoms. The van der Waals surface area contributed by atoms with Gasteiger partial charge in [0.2, 0.25) is 5.82 Å². The van der Waals surface area contributed by atoms with Gasteiger partial charge in [-0.2, -0.15) is 18.2 Å². The molecule has 4 rings (SSSR count). The van der Waals surface area contributed by atoms with Crippen LogP contribution < -0.4 is 5.32 Å². The average molecular weight is 383 g/mol. The van der Waals surface area contributed by atoms with E-state index in [-0.39, 0.29) is 17.3 Å². The van der Waals surface area contributed by atoms with Gasteiger partial charge in [-0.25, -0.2) is 0 Å². The van der Waals surface area contributed by atoms with E-state index >= 15 is 0 Å². The molecule has 9 heteroatoms. The molecule has 0 atom stereocenters. The number of hydrogen-bond donors (Lipinski definition) is 1. The highest BCUT2D eigenvalue weighted by Gasteiger charge is 2.35. The van der Waals surface area contributed by atoms with E-state index in [9.17, 15) is 13.2 Å². The lowest BCUT2D eigenvalue weighted by atomic mass is 10.1. The standard InChI is InChI=1S/C19H12F3N5O/c20-19(21,22)16-7-9-24-11-15(16)17-26-18(28-27-17)12-3-5-13(6-4-12)25-14-2-1-8-23-10-14/h1-11,25H. The first-order valence-corrected chi connectivity index (χ1v) is 8.13. The van der Waals surface area contributed by atoms with Crippen molar-refractivity contribution in [3.63, 3.8) is 0 Å². The molecule has 0 unspecified atom stereocenters. The van der Waals surface area contributed by atoms with Crippen LogP contribution in [0.1, 0.15) is 5.56 Å². The summed E-state index contributed by atoms with van der Waals surface area (Å²) in [7, 11) is 0. The topological polar surface area (TPSA) is 76.7 Å². The second-order valence-corrected chi connectivity index (χ2v) is 5.79. The number of hydrogen-bond acceptors (Lipinski definition) is 6. The zero-order chi connectivity index (χ0) is 19.6. The smallest absolute Gasteiger partial charge is 0.354 e. The second-order valence-electron chi connectivity index (χ2n) is 5.79. The van der Waals surface area contributed by atoms with Crippen molar-refractivity contribution < 1.29 is 17.7 Å². The average Bonchev–Trinajstić information content (AvgIpc) is 3.19. The van der Waals surface area contributed by atoms with Crippen molar-refractivity contribution in [1.82, 2.24) is 20.1 Å². The number of rotatable bonds is 4. The highest BCUT2D eigenvalue weighted by molar-refractivity contribution is 5.66. The van der Waals surface area contributed by atoms with E-state index in [4.69, 9.17) is 4.52 Å². The molecule has 1 N–H and O–H groups in total. The maximum absolute atomic E-state index is 13.2. The van der Waals surface area contributed by atoms with Crippen molar-refractivity contribution in [2.24, 2.45) is 0 Å². The number of nitrogens with one attached hydrogen (secondary N) is 1. The van der Waals surface area contributed by atoms with E-state index in [2.05, 4.69) is 25.4 Å². The highest BCUT2D eigenvalue weighted by atomic mass is 19.4. The van der Waals surface area contributed by atoms with Crippen molar-refractivity contribution in [2.45, 2.75) is 6.18 Å². The van der Waals surface area contributed by atoms with Gasteiger partial charge in [-0.3, -0.25) is 9.97 Å². The maximum atomic E-state index is 13.2. The van der Waals surface area contributed by atoms with E-state index < -0.39 is 11.7 Å². The fraction of sp³-hybridized carbons (Fsp3) is 0.0526. The summed E-state index contributed by atoms with van der Waals surface area (Å²) >= 11 is 0. The molecule has 0 aliphatic rings. The summed E-state index contributed by atoms with van der Waals surface area (Å²) < 4.78 is 44.6. The summed E-state index contributed by atoms with van der Waals surface area (Å²) in [6.45, 7) is 0. The molecule has 28 heavy (non-hydrogen) atoms. The molecule has 1 aromatic carbocycles. The van der Waals surface area contributed by atoms with E-state index in [1.807, 2.05) is 12.1 Å². The van der Waals surface area contributed by atoms with Gasteiger partial charge in [0.25, 0.3) is 5.89 Å². The van der Waals surface area contributed by atoms with Crippen LogP contribution >= 0.6 is 0 Å². The number of alkyl halides is 3. The van der Waals surface area contributed by atoms with Gasteiger partial charge >= 0.3 is 6.18 Å². The van der Waals surface area contributed by atoms with Gasteiger partial charge in [0.1, 0.15) is 0 Å². The molecule has 0 fully saturated rings. The summed E-state index contributed by atoms with van der Waals surface area (Å²) in [6, 6.07) is 11.6. The lowest BCUT2D eigenvalue weighted by Gasteiger charge is -2.08. The zero-order valence-corrected chi connectivity index (χ0v) is 14.2. The Morgan fingerprint density at radius 2 is 1.64 bits per heavy atom. The minimum Gasteiger partial charge on any atom is -0.354 e. The van der Waals surface area contributed by atoms with Gasteiger partial charge in [0.05, 0.1) is 23.0 Å². The van der Waals surface area contributed by atoms with Gasteiger partial charge in [0, 0.05) is 29.8 Å². The Morgan fingerprint density at radius 1 is 0.857 bits per heavy atom. The van der Waals surface area contributed by atoms with E-state index in [1.165, 1.54) is 0 Å². The molecule has 3 aromatic heterocycles. The Balaban J connectivity index is 1.59. The molecule has 0 saturated heterocycles. The molecule has 140 valence electrons. The molecule has 3 heterocycles. The molecule has 0 bridgehead atoms. The van der Waals surface area contributed by atoms with Gasteiger partial charge in [0.15, 0.2) is 0 Å². The van der Waals surface area contributed by atoms with E-state index in [0.29, 0.717) is 5.56 Å². The van der Waals surface area contributed by atoms with Crippen LogP contribution in [-0.4, -0.2) is 20.1 Å². The summed E-state index contributed by atoms with van der Waals surface area (Å²) in [5, 5.41) is 6.85. The predicted molar refractivity (Wildman–Crippen MR) is 95.5 cm³/mol. The molecule has 6 nitrogen and oxygen atoms in total. The van der Waals surface area contributed by atoms with Crippen LogP contribution in [0.25, 0.3) is 22.8 Å². The monoisotopic (exact) mass is 383 g/mol. The van der Waals surface area contributed by atoms with Gasteiger partial charge in [-0.15, -0.1) is 0 Å². The Bertz CT molecular complexity index is 1080. The highest BCUT2D eigenvalue weighted by Crippen LogP contribution is 2.36. The Morgan fingerprint density at radius 3 is 2.36 bits per heavy atom. The molecule has 0 amide bonds. The molecule has 0 saturated carbocycles. The first-order valence-electron chi connectivity index (χ1n) is 8.13. The van der Waals surface area contributed by atoms with Crippen molar-refractivity contribution in [1.29, 1.82) is 0 Å². The number of pyridine rings is 2. The largest absolute Gasteiger partial charge is 0.417 e. The Labute approximate surface area is 157 Å². The number of nitrogens with zero attached hydrogens (tertiary/aromatic N) is 4. The third-order valence-electron chi connectivity index (χ3n) is 3.88. The minimum atomic E-state index is -4.54. The number of anilines is 2. The Hall–Kier alpha value is -3.75. The number of aromatic nitrogens is 4. The molecule has 4 aromatic rings. The summed E-state index contributed by atoms with van der Waals surface area (Å²) in [5.41, 5.74) is 1.10. The van der Waals surface area contributed by atoms with Crippen LogP contribution in [0.2, 0.25) is 0 Å². The van der Waals surface area contributed by atoms with Crippen molar-refractivity contribution in [2.75, 3.05) is 5.32 Å². The van der Waals surface area contributed by atoms with Crippen molar-refractivity contribution in [3.8, 4) is 22.8 Å². The number of halogens is 3. The van der Waals surface area contributed by atoms with Crippen molar-refractivity contribution in [3.05, 3.63) is 72.8 Å². The van der Waals surface area contributed by atoms with Crippen LogP contribution in [0.15, 0.2) is 71.8 Å². The van der Waals surface area contributed by atoms with Gasteiger partial charge < -0.3 is 9.84 Å². The number of benzene rings is 1. The third kappa shape index (κ3) is 3.68. The van der Waals surface area contributed by atoms with E-state index in [0.717, 1.165) is 29.8 Å². The Kier molecular flexibility index (Phi) is 4.48. The van der Waals surface area contributed by atoms with Crippen molar-refractivity contribution >= 4 is 11.4 Å². The van der Waals surface area contributed by atoms with Gasteiger partial charge in [-0.1, -0.05) is 5.16 Å². The maximum Gasteiger partial charge on any atom is 0.417 e. The van der Waals surface area contributed by atoms with Crippen LogP contribution in [0.4, 0.5) is 24.5 Å². The van der Waals surface area contributed by atoms with E-state index in [1.54, 1.807) is 36.7 Å². The van der Waals surface area contributed by atoms with Crippen LogP contribution in [0, 0.1) is 0 Å². The molecular formula is C19H12F3N5O. The predicted octanol–water partition coefficient (Wildman–Crippen LogP) is 4.96. The van der Waals surface area contributed by atoms with Crippen LogP contribution in [0.3, 0.4) is 0 Å². The molecule has 0 aliphatic heterocycles. The zero-order valence-electron chi connectivity index (χ0n) is 14.2. The lowest BCUT2D eigenvalue weighted by molar-refractivity contribution is -0.137. The second kappa shape index (κ2) is 7.10. The summed E-state index contributed by atoms with van der Waals surface area (Å²) in [6.07, 6.45) is 0.955. The summed E-state index contributed by atoms with van der Waals surface area (Å²) in [5.74, 6) is -0.0621. The first-order chi connectivity index (χ1) is 13.5. The quantitative estimate of drug-likeness (QED) is 0.537.